The van der Waals surface area contributed by atoms with Gasteiger partial charge in [0.2, 0.25) is 23.6 Å². The van der Waals surface area contributed by atoms with Crippen LogP contribution in [0.2, 0.25) is 0 Å². The lowest BCUT2D eigenvalue weighted by Gasteiger charge is -2.18. The van der Waals surface area contributed by atoms with Gasteiger partial charge in [0.25, 0.3) is 11.8 Å². The fourth-order valence-corrected chi connectivity index (χ4v) is 16.7. The number of carbonyl (C=O) groups excluding carboxylic acids is 5. The average molecular weight is 1710 g/mol. The molecule has 0 radical (unpaired) electrons. The van der Waals surface area contributed by atoms with Gasteiger partial charge in [-0.2, -0.15) is 18.4 Å². The van der Waals surface area contributed by atoms with E-state index >= 15 is 0 Å². The number of ether oxygens (including phenoxy) is 2. The Morgan fingerprint density at radius 1 is 0.500 bits per heavy atom. The van der Waals surface area contributed by atoms with Crippen molar-refractivity contribution < 1.29 is 46.6 Å². The highest BCUT2D eigenvalue weighted by atomic mass is 19.4. The number of para-hydroxylation sites is 1. The summed E-state index contributed by atoms with van der Waals surface area (Å²) in [7, 11) is 9.76. The second-order valence-electron chi connectivity index (χ2n) is 32.3. The summed E-state index contributed by atoms with van der Waals surface area (Å²) in [5, 5.41) is 16.4. The maximum Gasteiger partial charge on any atom is 0.416 e. The number of aromatic nitrogens is 11. The van der Waals surface area contributed by atoms with E-state index in [1.54, 1.807) is 67.8 Å². The minimum Gasteiger partial charge on any atom is -0.482 e. The zero-order chi connectivity index (χ0) is 88.6. The summed E-state index contributed by atoms with van der Waals surface area (Å²) in [6.45, 7) is 9.83. The molecule has 33 heteroatoms. The Labute approximate surface area is 725 Å². The third kappa shape index (κ3) is 19.4. The standard InChI is InChI=1S/C32H33F3N8O2.C32H33N9O2.C29H32N6O3/c1-19-27(20-5-7-21(8-6-20)31(45)40-25-16-22(11-13-37-25)32(33,34)35)28-29(36)38-18-39-30(28)43(19)24-12-15-42(17-24)26(44)4-3-14-41(2)23-9-10-23;1-20-28(22-5-7-23(8-6-22)32(43)38-26-16-21(17-33)11-13-35-26)29-30(34)36-19-37-31(29)41(20)25-12-15-40(18-25)27(42)4-3-14-39(2)24-9-10-24;1-33(2)16-7-10-24(36)34-17-15-21(18-34)35-28-26(27(30)31-19-32-28)25(29(35)37-3)20-11-13-23(14-12-20)38-22-8-5-4-6-9-22/h3-8,11,13,16,18,23-24H,9-10,12,14-15,17H2,1-2H3,(H2,36,38,39)(H,37,40,45);3-8,11,13,16,19,24-25H,9-10,12,14-15,18H2,1-2H3,(H2,34,36,37)(H,35,38,43);4-14,19,21H,15-18H2,1-3H3,(H2,30,31,32)/b2*4-3+;10-7+/t24-;25-;21-/m111/s1. The molecule has 3 atom stereocenters. The number of fused-ring (bicyclic) bond motifs is 3. The molecule has 2 aliphatic carbocycles. The van der Waals surface area contributed by atoms with Gasteiger partial charge in [-0.3, -0.25) is 38.3 Å². The van der Waals surface area contributed by atoms with Crippen molar-refractivity contribution in [1.82, 2.24) is 83.0 Å². The molecule has 17 rings (SSSR count). The van der Waals surface area contributed by atoms with Crippen LogP contribution in [0.4, 0.5) is 42.3 Å². The van der Waals surface area contributed by atoms with Crippen molar-refractivity contribution in [2.75, 3.05) is 122 Å². The zero-order valence-electron chi connectivity index (χ0n) is 70.9. The predicted octanol–water partition coefficient (Wildman–Crippen LogP) is 13.4. The maximum absolute atomic E-state index is 13.1. The molecule has 11 heterocycles. The summed E-state index contributed by atoms with van der Waals surface area (Å²) in [5.74, 6) is 2.39. The van der Waals surface area contributed by atoms with Crippen molar-refractivity contribution in [2.45, 2.75) is 95.2 Å². The second-order valence-corrected chi connectivity index (χ2v) is 32.3. The minimum absolute atomic E-state index is 0.00754. The lowest BCUT2D eigenvalue weighted by Crippen LogP contribution is -2.28. The minimum atomic E-state index is -4.55. The molecule has 30 nitrogen and oxygen atoms in total. The van der Waals surface area contributed by atoms with Crippen molar-refractivity contribution >= 4 is 91.7 Å². The topological polar surface area (TPSA) is 367 Å². The highest BCUT2D eigenvalue weighted by Crippen LogP contribution is 2.47. The number of anilines is 5. The van der Waals surface area contributed by atoms with E-state index in [1.165, 1.54) is 56.9 Å². The van der Waals surface area contributed by atoms with Crippen LogP contribution < -0.4 is 37.3 Å². The zero-order valence-corrected chi connectivity index (χ0v) is 70.9. The third-order valence-electron chi connectivity index (χ3n) is 23.4. The summed E-state index contributed by atoms with van der Waals surface area (Å²) < 4.78 is 57.5. The van der Waals surface area contributed by atoms with Crippen molar-refractivity contribution in [3.05, 3.63) is 229 Å². The lowest BCUT2D eigenvalue weighted by atomic mass is 10.0. The van der Waals surface area contributed by atoms with Gasteiger partial charge in [-0.15, -0.1) is 0 Å². The number of nitrogens with zero attached hydrogens (tertiary/aromatic N) is 18. The van der Waals surface area contributed by atoms with E-state index in [-0.39, 0.29) is 53.1 Å². The number of carbonyl (C=O) groups is 5. The monoisotopic (exact) mass is 1710 g/mol. The SMILES string of the molecule is COc1c(-c2ccc(Oc3ccccc3)cc2)c2c(N)ncnc2n1[C@@H]1CCN(C(=O)/C=C/CN(C)C)C1.Cc1c(-c2ccc(C(=O)Nc3cc(C#N)ccn3)cc2)c2c(N)ncnc2n1[C@@H]1CCN(C(=O)/C=C/CN(C)C2CC2)C1.Cc1c(-c2ccc(C(=O)Nc3cc(C(F)(F)F)ccn3)cc2)c2c(N)ncnc2n1[C@@H]1CCN(C(=O)/C=C/CN(C)C2CC2)C1. The van der Waals surface area contributed by atoms with Gasteiger partial charge in [-0.05, 0) is 176 Å². The fourth-order valence-electron chi connectivity index (χ4n) is 16.7. The first-order valence-electron chi connectivity index (χ1n) is 41.7. The van der Waals surface area contributed by atoms with E-state index in [0.717, 1.165) is 123 Å². The molecular formula is C93H98F3N23O7. The van der Waals surface area contributed by atoms with Crippen molar-refractivity contribution in [3.63, 3.8) is 0 Å². The normalized spacial score (nSPS) is 16.5. The van der Waals surface area contributed by atoms with Crippen LogP contribution in [0.1, 0.15) is 106 Å². The molecule has 5 amide bonds. The Kier molecular flexibility index (Phi) is 26.0. The van der Waals surface area contributed by atoms with Gasteiger partial charge in [0.05, 0.1) is 64.2 Å². The molecule has 0 unspecified atom stereocenters. The smallest absolute Gasteiger partial charge is 0.416 e. The number of alkyl halides is 3. The molecule has 8 N–H and O–H groups in total. The van der Waals surface area contributed by atoms with E-state index in [0.29, 0.717) is 115 Å². The number of likely N-dealkylation sites (N-methyl/N-ethyl adjacent to an activating group) is 3. The van der Waals surface area contributed by atoms with Crippen LogP contribution in [0.25, 0.3) is 66.5 Å². The number of nitrogens with two attached hydrogens (primary N) is 3. The van der Waals surface area contributed by atoms with Crippen LogP contribution in [0.3, 0.4) is 0 Å². The largest absolute Gasteiger partial charge is 0.482 e. The highest BCUT2D eigenvalue weighted by molar-refractivity contribution is 6.08. The summed E-state index contributed by atoms with van der Waals surface area (Å²) in [6.07, 6.45) is 20.3. The maximum atomic E-state index is 13.1. The Hall–Kier alpha value is -14.2. The van der Waals surface area contributed by atoms with Gasteiger partial charge < -0.3 is 66.0 Å². The van der Waals surface area contributed by atoms with Crippen LogP contribution in [-0.4, -0.2) is 219 Å². The predicted molar refractivity (Wildman–Crippen MR) is 477 cm³/mol. The number of nitrogens with one attached hydrogen (secondary N) is 2. The van der Waals surface area contributed by atoms with Gasteiger partial charge in [-0.25, -0.2) is 39.9 Å². The van der Waals surface area contributed by atoms with Crippen molar-refractivity contribution in [3.8, 4) is 56.8 Å². The average Bonchev–Trinajstić information content (AvgIpc) is 1.60. The lowest BCUT2D eigenvalue weighted by molar-refractivity contribution is -0.137. The van der Waals surface area contributed by atoms with Crippen LogP contribution in [0, 0.1) is 25.2 Å². The Bertz CT molecular complexity index is 6180. The first-order chi connectivity index (χ1) is 60.8. The molecule has 0 spiro atoms. The molecule has 3 saturated heterocycles. The van der Waals surface area contributed by atoms with Gasteiger partial charge in [0.15, 0.2) is 0 Å². The number of amides is 5. The molecule has 12 aromatic rings. The second kappa shape index (κ2) is 37.9. The van der Waals surface area contributed by atoms with E-state index in [2.05, 4.69) is 88.1 Å². The van der Waals surface area contributed by atoms with Crippen LogP contribution >= 0.6 is 0 Å². The molecule has 5 fully saturated rings. The van der Waals surface area contributed by atoms with Crippen LogP contribution in [-0.2, 0) is 20.6 Å². The van der Waals surface area contributed by atoms with E-state index in [1.807, 2.05) is 139 Å². The number of likely N-dealkylation sites (tertiary alicyclic amines) is 3. The summed E-state index contributed by atoms with van der Waals surface area (Å²) >= 11 is 0. The number of halogens is 3. The number of hydrogen-bond acceptors (Lipinski definition) is 22. The van der Waals surface area contributed by atoms with Crippen LogP contribution in [0.15, 0.2) is 195 Å². The number of methoxy groups -OCH3 is 1. The molecule has 5 aliphatic rings. The molecule has 3 aliphatic heterocycles. The molecular weight excluding hydrogens is 1610 g/mol. The van der Waals surface area contributed by atoms with Crippen molar-refractivity contribution in [1.29, 1.82) is 5.26 Å². The van der Waals surface area contributed by atoms with Gasteiger partial charge in [0, 0.05) is 135 Å². The summed E-state index contributed by atoms with van der Waals surface area (Å²) in [6, 6.07) is 39.4. The molecule has 4 aromatic carbocycles. The van der Waals surface area contributed by atoms with Gasteiger partial charge in [-0.1, -0.05) is 72.8 Å². The number of pyridine rings is 2. The summed E-state index contributed by atoms with van der Waals surface area (Å²) in [4.78, 5) is 111. The quantitative estimate of drug-likeness (QED) is 0.0351. The molecule has 0 bridgehead atoms. The number of benzene rings is 4. The number of nitriles is 1. The van der Waals surface area contributed by atoms with E-state index in [9.17, 15) is 37.1 Å². The van der Waals surface area contributed by atoms with E-state index in [4.69, 9.17) is 31.9 Å². The highest BCUT2D eigenvalue weighted by Gasteiger charge is 2.37. The van der Waals surface area contributed by atoms with E-state index < -0.39 is 17.6 Å². The summed E-state index contributed by atoms with van der Waals surface area (Å²) in [5.41, 5.74) is 28.4. The fraction of sp³-hybridized carbons (Fsp3) is 0.312. The Morgan fingerprint density at radius 3 is 1.33 bits per heavy atom. The molecule has 126 heavy (non-hydrogen) atoms. The number of nitrogen functional groups attached to an aromatic ring is 3. The molecule has 2 saturated carbocycles. The van der Waals surface area contributed by atoms with Gasteiger partial charge >= 0.3 is 6.18 Å². The first kappa shape index (κ1) is 86.7. The number of rotatable bonds is 24. The third-order valence-corrected chi connectivity index (χ3v) is 23.4. The first-order valence-corrected chi connectivity index (χ1v) is 41.7. The Morgan fingerprint density at radius 2 is 0.897 bits per heavy atom. The Balaban J connectivity index is 0.000000146. The van der Waals surface area contributed by atoms with Gasteiger partial charge in [0.1, 0.15) is 76.5 Å². The molecule has 8 aromatic heterocycles. The molecule has 648 valence electrons. The van der Waals surface area contributed by atoms with Crippen LogP contribution in [0.5, 0.6) is 17.4 Å². The number of hydrogen-bond donors (Lipinski definition) is 5. The van der Waals surface area contributed by atoms with Crippen molar-refractivity contribution in [2.24, 2.45) is 0 Å².